The Bertz CT molecular complexity index is 877. The summed E-state index contributed by atoms with van der Waals surface area (Å²) in [6.45, 7) is 2.23. The van der Waals surface area contributed by atoms with Gasteiger partial charge in [-0.2, -0.15) is 0 Å². The molecule has 0 spiro atoms. The average molecular weight is 312 g/mol. The van der Waals surface area contributed by atoms with Crippen LogP contribution in [-0.4, -0.2) is 9.55 Å². The summed E-state index contributed by atoms with van der Waals surface area (Å²) < 4.78 is 2.32. The second kappa shape index (κ2) is 6.32. The Morgan fingerprint density at radius 2 is 1.58 bits per heavy atom. The average Bonchev–Trinajstić information content (AvgIpc) is 2.97. The third kappa shape index (κ3) is 2.41. The normalized spacial score (nSPS) is 11.0. The van der Waals surface area contributed by atoms with Gasteiger partial charge in [0.2, 0.25) is 0 Å². The van der Waals surface area contributed by atoms with E-state index in [-0.39, 0.29) is 0 Å². The molecule has 24 heavy (non-hydrogen) atoms. The van der Waals surface area contributed by atoms with Crippen LogP contribution in [0, 0.1) is 0 Å². The van der Waals surface area contributed by atoms with Gasteiger partial charge in [0.05, 0.1) is 5.52 Å². The maximum Gasteiger partial charge on any atom is 0.137 e. The molecule has 0 aliphatic rings. The van der Waals surface area contributed by atoms with Gasteiger partial charge in [0, 0.05) is 22.8 Å². The molecular weight excluding hydrogens is 292 g/mol. The van der Waals surface area contributed by atoms with Crippen molar-refractivity contribution in [2.24, 2.45) is 0 Å². The lowest BCUT2D eigenvalue weighted by atomic mass is 10.00. The summed E-state index contributed by atoms with van der Waals surface area (Å²) in [5, 5.41) is 1.29. The standard InChI is InChI=1S/C22H20N2/c1-2-10-20-22(17-11-4-3-5-12-17)18-13-6-7-14-19(18)24(20)21-15-8-9-16-23-21/h3-9,11-16H,2,10H2,1H3. The third-order valence-electron chi connectivity index (χ3n) is 4.40. The van der Waals surface area contributed by atoms with Crippen molar-refractivity contribution >= 4 is 10.9 Å². The van der Waals surface area contributed by atoms with Gasteiger partial charge in [0.15, 0.2) is 0 Å². The van der Waals surface area contributed by atoms with Crippen LogP contribution in [-0.2, 0) is 6.42 Å². The molecule has 4 aromatic rings. The summed E-state index contributed by atoms with van der Waals surface area (Å²) in [6, 6.07) is 25.4. The number of hydrogen-bond donors (Lipinski definition) is 0. The van der Waals surface area contributed by atoms with Gasteiger partial charge in [-0.25, -0.2) is 4.98 Å². The Hall–Kier alpha value is -2.87. The molecule has 0 aliphatic carbocycles. The molecule has 118 valence electrons. The molecular formula is C22H20N2. The first-order chi connectivity index (χ1) is 11.9. The third-order valence-corrected chi connectivity index (χ3v) is 4.40. The van der Waals surface area contributed by atoms with Crippen molar-refractivity contribution in [1.82, 2.24) is 9.55 Å². The van der Waals surface area contributed by atoms with E-state index < -0.39 is 0 Å². The Kier molecular flexibility index (Phi) is 3.87. The van der Waals surface area contributed by atoms with Gasteiger partial charge in [-0.1, -0.05) is 67.9 Å². The highest BCUT2D eigenvalue weighted by Gasteiger charge is 2.18. The van der Waals surface area contributed by atoms with E-state index in [4.69, 9.17) is 0 Å². The molecule has 2 heteroatoms. The quantitative estimate of drug-likeness (QED) is 0.476. The van der Waals surface area contributed by atoms with E-state index in [1.54, 1.807) is 0 Å². The molecule has 0 unspecified atom stereocenters. The Morgan fingerprint density at radius 1 is 0.833 bits per heavy atom. The van der Waals surface area contributed by atoms with Gasteiger partial charge in [0.1, 0.15) is 5.82 Å². The number of fused-ring (bicyclic) bond motifs is 1. The van der Waals surface area contributed by atoms with Crippen LogP contribution < -0.4 is 0 Å². The van der Waals surface area contributed by atoms with Crippen molar-refractivity contribution in [1.29, 1.82) is 0 Å². The molecule has 0 aliphatic heterocycles. The fraction of sp³-hybridized carbons (Fsp3) is 0.136. The molecule has 2 aromatic heterocycles. The second-order valence-corrected chi connectivity index (χ2v) is 5.98. The molecule has 0 atom stereocenters. The van der Waals surface area contributed by atoms with Crippen molar-refractivity contribution < 1.29 is 0 Å². The summed E-state index contributed by atoms with van der Waals surface area (Å²) >= 11 is 0. The Balaban J connectivity index is 2.11. The molecule has 2 heterocycles. The number of benzene rings is 2. The van der Waals surface area contributed by atoms with E-state index >= 15 is 0 Å². The van der Waals surface area contributed by atoms with Gasteiger partial charge < -0.3 is 0 Å². The molecule has 0 saturated carbocycles. The van der Waals surface area contributed by atoms with E-state index in [9.17, 15) is 0 Å². The lowest BCUT2D eigenvalue weighted by molar-refractivity contribution is 0.844. The number of aromatic nitrogens is 2. The number of pyridine rings is 1. The monoisotopic (exact) mass is 312 g/mol. The first kappa shape index (κ1) is 14.7. The topological polar surface area (TPSA) is 17.8 Å². The molecule has 0 bridgehead atoms. The summed E-state index contributed by atoms with van der Waals surface area (Å²) in [7, 11) is 0. The van der Waals surface area contributed by atoms with E-state index in [2.05, 4.69) is 83.2 Å². The van der Waals surface area contributed by atoms with Crippen LogP contribution in [0.1, 0.15) is 19.0 Å². The highest BCUT2D eigenvalue weighted by atomic mass is 15.1. The maximum atomic E-state index is 4.61. The van der Waals surface area contributed by atoms with Crippen molar-refractivity contribution in [2.75, 3.05) is 0 Å². The van der Waals surface area contributed by atoms with Gasteiger partial charge in [-0.05, 0) is 30.2 Å². The minimum Gasteiger partial charge on any atom is -0.298 e. The maximum absolute atomic E-state index is 4.61. The SMILES string of the molecule is CCCc1c(-c2ccccc2)c2ccccc2n1-c1ccccn1. The number of para-hydroxylation sites is 1. The van der Waals surface area contributed by atoms with E-state index in [0.717, 1.165) is 18.7 Å². The van der Waals surface area contributed by atoms with Crippen LogP contribution in [0.2, 0.25) is 0 Å². The molecule has 2 aromatic carbocycles. The van der Waals surface area contributed by atoms with Gasteiger partial charge in [-0.15, -0.1) is 0 Å². The number of rotatable bonds is 4. The zero-order valence-corrected chi connectivity index (χ0v) is 13.8. The number of hydrogen-bond acceptors (Lipinski definition) is 1. The summed E-state index contributed by atoms with van der Waals surface area (Å²) in [6.07, 6.45) is 3.99. The van der Waals surface area contributed by atoms with Crippen molar-refractivity contribution in [3.05, 3.63) is 84.7 Å². The molecule has 0 radical (unpaired) electrons. The summed E-state index contributed by atoms with van der Waals surface area (Å²) in [4.78, 5) is 4.61. The predicted octanol–water partition coefficient (Wildman–Crippen LogP) is 5.65. The minimum atomic E-state index is 0.985. The summed E-state index contributed by atoms with van der Waals surface area (Å²) in [5.41, 5.74) is 5.16. The minimum absolute atomic E-state index is 0.985. The first-order valence-electron chi connectivity index (χ1n) is 8.49. The van der Waals surface area contributed by atoms with Gasteiger partial charge in [0.25, 0.3) is 0 Å². The van der Waals surface area contributed by atoms with Crippen molar-refractivity contribution in [2.45, 2.75) is 19.8 Å². The molecule has 0 N–H and O–H groups in total. The Labute approximate surface area is 142 Å². The summed E-state index contributed by atoms with van der Waals surface area (Å²) in [5.74, 6) is 0.985. The number of nitrogens with zero attached hydrogens (tertiary/aromatic N) is 2. The van der Waals surface area contributed by atoms with E-state index in [1.807, 2.05) is 12.3 Å². The van der Waals surface area contributed by atoms with Gasteiger partial charge in [-0.3, -0.25) is 4.57 Å². The fourth-order valence-electron chi connectivity index (χ4n) is 3.44. The van der Waals surface area contributed by atoms with Crippen LogP contribution >= 0.6 is 0 Å². The largest absolute Gasteiger partial charge is 0.298 e. The highest BCUT2D eigenvalue weighted by Crippen LogP contribution is 2.37. The lowest BCUT2D eigenvalue weighted by Crippen LogP contribution is -2.02. The molecule has 0 saturated heterocycles. The van der Waals surface area contributed by atoms with Crippen molar-refractivity contribution in [3.8, 4) is 16.9 Å². The van der Waals surface area contributed by atoms with Crippen LogP contribution in [0.3, 0.4) is 0 Å². The molecule has 2 nitrogen and oxygen atoms in total. The molecule has 0 fully saturated rings. The van der Waals surface area contributed by atoms with E-state index in [1.165, 1.54) is 27.7 Å². The molecule has 4 rings (SSSR count). The van der Waals surface area contributed by atoms with E-state index in [0.29, 0.717) is 0 Å². The van der Waals surface area contributed by atoms with Crippen LogP contribution in [0.15, 0.2) is 79.0 Å². The van der Waals surface area contributed by atoms with Crippen LogP contribution in [0.25, 0.3) is 27.8 Å². The first-order valence-corrected chi connectivity index (χ1v) is 8.49. The molecule has 0 amide bonds. The highest BCUT2D eigenvalue weighted by molar-refractivity contribution is 5.99. The van der Waals surface area contributed by atoms with Gasteiger partial charge >= 0.3 is 0 Å². The predicted molar refractivity (Wildman–Crippen MR) is 101 cm³/mol. The zero-order valence-electron chi connectivity index (χ0n) is 13.8. The Morgan fingerprint density at radius 3 is 2.33 bits per heavy atom. The fourth-order valence-corrected chi connectivity index (χ4v) is 3.44. The smallest absolute Gasteiger partial charge is 0.137 e. The second-order valence-electron chi connectivity index (χ2n) is 5.98. The zero-order chi connectivity index (χ0) is 16.4. The van der Waals surface area contributed by atoms with Crippen LogP contribution in [0.5, 0.6) is 0 Å². The van der Waals surface area contributed by atoms with Crippen molar-refractivity contribution in [3.63, 3.8) is 0 Å². The lowest BCUT2D eigenvalue weighted by Gasteiger charge is -2.11. The van der Waals surface area contributed by atoms with Crippen LogP contribution in [0.4, 0.5) is 0 Å².